The molecule has 2 nitrogen and oxygen atoms in total. The van der Waals surface area contributed by atoms with Gasteiger partial charge in [-0.05, 0) is 36.9 Å². The molecule has 2 N–H and O–H groups in total. The average molecular weight is 329 g/mol. The number of nitrogens with zero attached hydrogens (tertiary/aromatic N) is 1. The third-order valence-corrected chi connectivity index (χ3v) is 5.95. The van der Waals surface area contributed by atoms with Gasteiger partial charge in [-0.25, -0.2) is 0 Å². The molecular formula is C14H21BrN2S. The Labute approximate surface area is 122 Å². The first kappa shape index (κ1) is 14.4. The third-order valence-electron chi connectivity index (χ3n) is 4.08. The van der Waals surface area contributed by atoms with Gasteiger partial charge in [0.2, 0.25) is 0 Å². The first-order chi connectivity index (χ1) is 8.58. The number of nitrogens with two attached hydrogens (primary N) is 1. The maximum Gasteiger partial charge on any atom is 0.0455 e. The summed E-state index contributed by atoms with van der Waals surface area (Å²) < 4.78 is 1.14. The number of benzene rings is 1. The van der Waals surface area contributed by atoms with E-state index in [9.17, 15) is 0 Å². The predicted molar refractivity (Wildman–Crippen MR) is 83.9 cm³/mol. The van der Waals surface area contributed by atoms with Crippen LogP contribution in [0.25, 0.3) is 0 Å². The average Bonchev–Trinajstić information content (AvgIpc) is 2.71. The summed E-state index contributed by atoms with van der Waals surface area (Å²) in [5, 5.41) is 0.611. The van der Waals surface area contributed by atoms with E-state index in [0.717, 1.165) is 17.6 Å². The Morgan fingerprint density at radius 2 is 2.33 bits per heavy atom. The standard InChI is InChI=1S/C14H21BrN2S/c1-11-14(10-16,6-7-18-11)17(2)9-12-4-3-5-13(15)8-12/h3-5,8,11H,6-7,9-10,16H2,1-2H3. The first-order valence-corrected chi connectivity index (χ1v) is 8.20. The molecule has 0 spiro atoms. The number of halogens is 1. The van der Waals surface area contributed by atoms with Crippen molar-refractivity contribution < 1.29 is 0 Å². The molecule has 0 saturated carbocycles. The quantitative estimate of drug-likeness (QED) is 0.920. The van der Waals surface area contributed by atoms with E-state index in [-0.39, 0.29) is 5.54 Å². The lowest BCUT2D eigenvalue weighted by atomic mass is 9.90. The van der Waals surface area contributed by atoms with E-state index in [1.807, 2.05) is 11.8 Å². The number of thioether (sulfide) groups is 1. The van der Waals surface area contributed by atoms with Crippen LogP contribution < -0.4 is 5.73 Å². The zero-order valence-electron chi connectivity index (χ0n) is 11.0. The van der Waals surface area contributed by atoms with Crippen LogP contribution in [-0.2, 0) is 6.54 Å². The Kier molecular flexibility index (Phi) is 4.75. The number of likely N-dealkylation sites (N-methyl/N-ethyl adjacent to an activating group) is 1. The lowest BCUT2D eigenvalue weighted by Gasteiger charge is -2.41. The van der Waals surface area contributed by atoms with E-state index in [2.05, 4.69) is 59.1 Å². The highest BCUT2D eigenvalue weighted by atomic mass is 79.9. The number of hydrogen-bond acceptors (Lipinski definition) is 3. The van der Waals surface area contributed by atoms with Gasteiger partial charge >= 0.3 is 0 Å². The zero-order chi connectivity index (χ0) is 13.2. The fourth-order valence-electron chi connectivity index (χ4n) is 2.76. The molecule has 0 amide bonds. The lowest BCUT2D eigenvalue weighted by Crippen LogP contribution is -2.55. The maximum absolute atomic E-state index is 6.08. The SMILES string of the molecule is CC1SCCC1(CN)N(C)Cc1cccc(Br)c1. The smallest absolute Gasteiger partial charge is 0.0455 e. The second-order valence-electron chi connectivity index (χ2n) is 5.06. The van der Waals surface area contributed by atoms with Crippen LogP contribution in [0.4, 0.5) is 0 Å². The van der Waals surface area contributed by atoms with Crippen molar-refractivity contribution in [3.8, 4) is 0 Å². The van der Waals surface area contributed by atoms with Gasteiger partial charge in [-0.15, -0.1) is 0 Å². The molecule has 0 bridgehead atoms. The summed E-state index contributed by atoms with van der Waals surface area (Å²) >= 11 is 5.57. The van der Waals surface area contributed by atoms with Crippen LogP contribution >= 0.6 is 27.7 Å². The molecule has 0 aromatic heterocycles. The molecule has 1 aliphatic rings. The molecule has 1 heterocycles. The molecule has 2 atom stereocenters. The van der Waals surface area contributed by atoms with Crippen molar-refractivity contribution >= 4 is 27.7 Å². The van der Waals surface area contributed by atoms with Crippen LogP contribution in [0.5, 0.6) is 0 Å². The topological polar surface area (TPSA) is 29.3 Å². The molecule has 1 fully saturated rings. The summed E-state index contributed by atoms with van der Waals surface area (Å²) in [5.74, 6) is 1.22. The summed E-state index contributed by atoms with van der Waals surface area (Å²) in [6.07, 6.45) is 1.19. The Hall–Kier alpha value is -0.0300. The molecule has 1 saturated heterocycles. The fourth-order valence-corrected chi connectivity index (χ4v) is 4.74. The van der Waals surface area contributed by atoms with Gasteiger partial charge < -0.3 is 5.73 Å². The van der Waals surface area contributed by atoms with Gasteiger partial charge in [0, 0.05) is 28.4 Å². The Morgan fingerprint density at radius 3 is 2.89 bits per heavy atom. The van der Waals surface area contributed by atoms with Gasteiger partial charge in [0.05, 0.1) is 0 Å². The summed E-state index contributed by atoms with van der Waals surface area (Å²) in [4.78, 5) is 2.44. The second kappa shape index (κ2) is 5.95. The van der Waals surface area contributed by atoms with Gasteiger partial charge in [-0.2, -0.15) is 11.8 Å². The zero-order valence-corrected chi connectivity index (χ0v) is 13.4. The van der Waals surface area contributed by atoms with Crippen molar-refractivity contribution in [1.29, 1.82) is 0 Å². The molecule has 1 aromatic rings. The highest BCUT2D eigenvalue weighted by Crippen LogP contribution is 2.39. The summed E-state index contributed by atoms with van der Waals surface area (Å²) in [6.45, 7) is 4.01. The Bertz CT molecular complexity index is 413. The van der Waals surface area contributed by atoms with Crippen molar-refractivity contribution in [2.24, 2.45) is 5.73 Å². The molecule has 0 radical (unpaired) electrons. The van der Waals surface area contributed by atoms with Crippen molar-refractivity contribution in [3.63, 3.8) is 0 Å². The first-order valence-electron chi connectivity index (χ1n) is 6.36. The maximum atomic E-state index is 6.08. The minimum atomic E-state index is 0.160. The number of rotatable bonds is 4. The van der Waals surface area contributed by atoms with Crippen molar-refractivity contribution in [1.82, 2.24) is 4.90 Å². The van der Waals surface area contributed by atoms with Crippen molar-refractivity contribution in [3.05, 3.63) is 34.3 Å². The summed E-state index contributed by atoms with van der Waals surface area (Å²) in [6, 6.07) is 8.52. The van der Waals surface area contributed by atoms with Gasteiger partial charge in [-0.3, -0.25) is 4.90 Å². The normalized spacial score (nSPS) is 27.9. The molecule has 0 aliphatic carbocycles. The van der Waals surface area contributed by atoms with E-state index in [1.165, 1.54) is 17.7 Å². The highest BCUT2D eigenvalue weighted by molar-refractivity contribution is 9.10. The van der Waals surface area contributed by atoms with Gasteiger partial charge in [-0.1, -0.05) is 35.0 Å². The molecule has 18 heavy (non-hydrogen) atoms. The second-order valence-corrected chi connectivity index (χ2v) is 7.42. The van der Waals surface area contributed by atoms with Crippen LogP contribution in [0.3, 0.4) is 0 Å². The molecule has 4 heteroatoms. The summed E-state index contributed by atoms with van der Waals surface area (Å²) in [5.41, 5.74) is 7.58. The lowest BCUT2D eigenvalue weighted by molar-refractivity contribution is 0.122. The van der Waals surface area contributed by atoms with E-state index in [4.69, 9.17) is 5.73 Å². The van der Waals surface area contributed by atoms with Crippen molar-refractivity contribution in [2.45, 2.75) is 30.7 Å². The van der Waals surface area contributed by atoms with Crippen LogP contribution in [0, 0.1) is 0 Å². The Morgan fingerprint density at radius 1 is 1.56 bits per heavy atom. The predicted octanol–water partition coefficient (Wildman–Crippen LogP) is 3.10. The molecule has 100 valence electrons. The highest BCUT2D eigenvalue weighted by Gasteiger charge is 2.42. The van der Waals surface area contributed by atoms with Gasteiger partial charge in [0.25, 0.3) is 0 Å². The van der Waals surface area contributed by atoms with E-state index in [0.29, 0.717) is 5.25 Å². The molecule has 1 aliphatic heterocycles. The minimum absolute atomic E-state index is 0.160. The summed E-state index contributed by atoms with van der Waals surface area (Å²) in [7, 11) is 2.20. The van der Waals surface area contributed by atoms with Gasteiger partial charge in [0.1, 0.15) is 0 Å². The van der Waals surface area contributed by atoms with Crippen LogP contribution in [0.2, 0.25) is 0 Å². The molecule has 2 rings (SSSR count). The minimum Gasteiger partial charge on any atom is -0.329 e. The van der Waals surface area contributed by atoms with E-state index >= 15 is 0 Å². The molecular weight excluding hydrogens is 308 g/mol. The van der Waals surface area contributed by atoms with Gasteiger partial charge in [0.15, 0.2) is 0 Å². The third kappa shape index (κ3) is 2.77. The number of hydrogen-bond donors (Lipinski definition) is 1. The molecule has 2 unspecified atom stereocenters. The van der Waals surface area contributed by atoms with Crippen molar-refractivity contribution in [2.75, 3.05) is 19.3 Å². The van der Waals surface area contributed by atoms with Crippen LogP contribution in [-0.4, -0.2) is 35.0 Å². The fraction of sp³-hybridized carbons (Fsp3) is 0.571. The van der Waals surface area contributed by atoms with Crippen LogP contribution in [0.1, 0.15) is 18.9 Å². The monoisotopic (exact) mass is 328 g/mol. The largest absolute Gasteiger partial charge is 0.329 e. The Balaban J connectivity index is 2.13. The van der Waals surface area contributed by atoms with E-state index < -0.39 is 0 Å². The molecule has 1 aromatic carbocycles. The van der Waals surface area contributed by atoms with Crippen LogP contribution in [0.15, 0.2) is 28.7 Å². The van der Waals surface area contributed by atoms with E-state index in [1.54, 1.807) is 0 Å².